The van der Waals surface area contributed by atoms with E-state index in [1.54, 1.807) is 0 Å². The van der Waals surface area contributed by atoms with Crippen LogP contribution in [0.1, 0.15) is 62.1 Å². The van der Waals surface area contributed by atoms with Gasteiger partial charge in [0.25, 0.3) is 0 Å². The molecular weight excluding hydrogens is 416 g/mol. The molecular formula is C28H33Br. The third-order valence-corrected chi connectivity index (χ3v) is 6.20. The lowest BCUT2D eigenvalue weighted by molar-refractivity contribution is 0.607. The molecule has 0 saturated carbocycles. The molecule has 1 heteroatoms. The average molecular weight is 449 g/mol. The van der Waals surface area contributed by atoms with Crippen LogP contribution in [0.15, 0.2) is 77.3 Å². The lowest BCUT2D eigenvalue weighted by Gasteiger charge is -2.07. The number of unbranched alkanes of at least 4 members (excludes halogenated alkanes) is 5. The lowest BCUT2D eigenvalue weighted by Crippen LogP contribution is -1.93. The van der Waals surface area contributed by atoms with Gasteiger partial charge in [0.05, 0.1) is 0 Å². The van der Waals surface area contributed by atoms with Crippen molar-refractivity contribution in [3.05, 3.63) is 94.0 Å². The van der Waals surface area contributed by atoms with Crippen molar-refractivity contribution in [3.63, 3.8) is 0 Å². The van der Waals surface area contributed by atoms with Gasteiger partial charge in [-0.15, -0.1) is 0 Å². The van der Waals surface area contributed by atoms with Crippen molar-refractivity contribution < 1.29 is 0 Å². The summed E-state index contributed by atoms with van der Waals surface area (Å²) in [5.74, 6) is 0. The predicted molar refractivity (Wildman–Crippen MR) is 131 cm³/mol. The monoisotopic (exact) mass is 448 g/mol. The molecule has 0 N–H and O–H groups in total. The summed E-state index contributed by atoms with van der Waals surface area (Å²) in [6.45, 7) is 2.28. The third-order valence-electron chi connectivity index (χ3n) is 5.68. The van der Waals surface area contributed by atoms with Crippen LogP contribution in [0.2, 0.25) is 0 Å². The number of hydrogen-bond donors (Lipinski definition) is 0. The van der Waals surface area contributed by atoms with E-state index in [-0.39, 0.29) is 0 Å². The molecule has 0 atom stereocenters. The molecule has 0 aliphatic heterocycles. The molecule has 0 nitrogen and oxygen atoms in total. The van der Waals surface area contributed by atoms with Gasteiger partial charge in [-0.25, -0.2) is 0 Å². The second kappa shape index (κ2) is 12.0. The van der Waals surface area contributed by atoms with Crippen molar-refractivity contribution in [1.29, 1.82) is 0 Å². The molecule has 3 rings (SSSR count). The Balaban J connectivity index is 1.43. The second-order valence-corrected chi connectivity index (χ2v) is 8.95. The Bertz CT molecular complexity index is 829. The van der Waals surface area contributed by atoms with Gasteiger partial charge in [-0.05, 0) is 65.6 Å². The van der Waals surface area contributed by atoms with E-state index in [1.165, 1.54) is 72.8 Å². The van der Waals surface area contributed by atoms with E-state index in [9.17, 15) is 0 Å². The van der Waals surface area contributed by atoms with E-state index < -0.39 is 0 Å². The Hall–Kier alpha value is -1.86. The van der Waals surface area contributed by atoms with E-state index in [4.69, 9.17) is 0 Å². The Morgan fingerprint density at radius 3 is 1.45 bits per heavy atom. The van der Waals surface area contributed by atoms with Gasteiger partial charge < -0.3 is 0 Å². The molecule has 0 bridgehead atoms. The fourth-order valence-corrected chi connectivity index (χ4v) is 4.04. The maximum absolute atomic E-state index is 3.50. The molecule has 0 unspecified atom stereocenters. The summed E-state index contributed by atoms with van der Waals surface area (Å²) in [5.41, 5.74) is 6.87. The van der Waals surface area contributed by atoms with Crippen LogP contribution >= 0.6 is 15.9 Å². The Morgan fingerprint density at radius 1 is 0.483 bits per heavy atom. The second-order valence-electron chi connectivity index (χ2n) is 8.04. The average Bonchev–Trinajstić information content (AvgIpc) is 2.76. The largest absolute Gasteiger partial charge is 0.0654 e. The summed E-state index contributed by atoms with van der Waals surface area (Å²) < 4.78 is 1.12. The number of rotatable bonds is 11. The van der Waals surface area contributed by atoms with E-state index in [2.05, 4.69) is 95.7 Å². The topological polar surface area (TPSA) is 0 Å². The first kappa shape index (κ1) is 21.8. The van der Waals surface area contributed by atoms with Crippen molar-refractivity contribution >= 4 is 15.9 Å². The lowest BCUT2D eigenvalue weighted by atomic mass is 9.99. The van der Waals surface area contributed by atoms with Crippen molar-refractivity contribution in [3.8, 4) is 11.1 Å². The Labute approximate surface area is 185 Å². The summed E-state index contributed by atoms with van der Waals surface area (Å²) >= 11 is 3.50. The quantitative estimate of drug-likeness (QED) is 0.257. The summed E-state index contributed by atoms with van der Waals surface area (Å²) in [6, 6.07) is 26.8. The molecule has 3 aromatic rings. The van der Waals surface area contributed by atoms with Gasteiger partial charge in [0.2, 0.25) is 0 Å². The molecule has 3 aromatic carbocycles. The van der Waals surface area contributed by atoms with Crippen LogP contribution in [-0.2, 0) is 19.3 Å². The minimum atomic E-state index is 1.09. The first-order chi connectivity index (χ1) is 14.2. The fourth-order valence-electron chi connectivity index (χ4n) is 3.78. The van der Waals surface area contributed by atoms with E-state index in [0.717, 1.165) is 17.3 Å². The normalized spacial score (nSPS) is 11.0. The van der Waals surface area contributed by atoms with Crippen molar-refractivity contribution in [2.75, 3.05) is 0 Å². The van der Waals surface area contributed by atoms with Gasteiger partial charge >= 0.3 is 0 Å². The van der Waals surface area contributed by atoms with Gasteiger partial charge in [0, 0.05) is 4.47 Å². The molecule has 0 radical (unpaired) electrons. The zero-order chi connectivity index (χ0) is 20.3. The first-order valence-electron chi connectivity index (χ1n) is 11.2. The summed E-state index contributed by atoms with van der Waals surface area (Å²) in [7, 11) is 0. The van der Waals surface area contributed by atoms with E-state index >= 15 is 0 Å². The highest BCUT2D eigenvalue weighted by atomic mass is 79.9. The molecule has 0 spiro atoms. The van der Waals surface area contributed by atoms with Crippen LogP contribution in [0.3, 0.4) is 0 Å². The first-order valence-corrected chi connectivity index (χ1v) is 12.0. The highest BCUT2D eigenvalue weighted by Crippen LogP contribution is 2.22. The minimum absolute atomic E-state index is 1.09. The van der Waals surface area contributed by atoms with E-state index in [0.29, 0.717) is 0 Å². The molecule has 0 saturated heterocycles. The van der Waals surface area contributed by atoms with Crippen LogP contribution < -0.4 is 0 Å². The standard InChI is InChI=1S/C28H33Br/c1-2-3-4-5-6-7-8-23-9-11-24(12-10-23)13-14-25-15-17-26(18-16-25)27-19-21-28(29)22-20-27/h9-12,15-22H,2-8,13-14H2,1H3. The molecule has 0 aliphatic carbocycles. The SMILES string of the molecule is CCCCCCCCc1ccc(CCc2ccc(-c3ccc(Br)cc3)cc2)cc1. The van der Waals surface area contributed by atoms with Crippen LogP contribution in [0, 0.1) is 0 Å². The zero-order valence-corrected chi connectivity index (χ0v) is 19.3. The van der Waals surface area contributed by atoms with E-state index in [1.807, 2.05) is 0 Å². The number of halogens is 1. The number of hydrogen-bond acceptors (Lipinski definition) is 0. The number of aryl methyl sites for hydroxylation is 3. The molecule has 0 amide bonds. The third kappa shape index (κ3) is 7.48. The smallest absolute Gasteiger partial charge is 0.0175 e. The summed E-state index contributed by atoms with van der Waals surface area (Å²) in [6.07, 6.45) is 11.6. The molecule has 0 fully saturated rings. The zero-order valence-electron chi connectivity index (χ0n) is 17.7. The minimum Gasteiger partial charge on any atom is -0.0654 e. The van der Waals surface area contributed by atoms with Crippen molar-refractivity contribution in [2.45, 2.75) is 64.7 Å². The van der Waals surface area contributed by atoms with Gasteiger partial charge in [0.1, 0.15) is 0 Å². The van der Waals surface area contributed by atoms with Crippen LogP contribution in [0.4, 0.5) is 0 Å². The molecule has 0 heterocycles. The molecule has 0 aromatic heterocycles. The van der Waals surface area contributed by atoms with Gasteiger partial charge in [-0.2, -0.15) is 0 Å². The summed E-state index contributed by atoms with van der Waals surface area (Å²) in [4.78, 5) is 0. The highest BCUT2D eigenvalue weighted by molar-refractivity contribution is 9.10. The molecule has 152 valence electrons. The summed E-state index contributed by atoms with van der Waals surface area (Å²) in [5, 5.41) is 0. The maximum Gasteiger partial charge on any atom is 0.0175 e. The highest BCUT2D eigenvalue weighted by Gasteiger charge is 2.01. The van der Waals surface area contributed by atoms with Crippen molar-refractivity contribution in [1.82, 2.24) is 0 Å². The Morgan fingerprint density at radius 2 is 0.897 bits per heavy atom. The fraction of sp³-hybridized carbons (Fsp3) is 0.357. The molecule has 0 aliphatic rings. The van der Waals surface area contributed by atoms with Gasteiger partial charge in [-0.1, -0.05) is 116 Å². The van der Waals surface area contributed by atoms with Gasteiger partial charge in [0.15, 0.2) is 0 Å². The number of benzene rings is 3. The molecule has 29 heavy (non-hydrogen) atoms. The Kier molecular flexibility index (Phi) is 9.02. The van der Waals surface area contributed by atoms with Gasteiger partial charge in [-0.3, -0.25) is 0 Å². The van der Waals surface area contributed by atoms with Crippen molar-refractivity contribution in [2.24, 2.45) is 0 Å². The van der Waals surface area contributed by atoms with Crippen LogP contribution in [0.25, 0.3) is 11.1 Å². The predicted octanol–water partition coefficient (Wildman–Crippen LogP) is 8.80. The van der Waals surface area contributed by atoms with Crippen LogP contribution in [0.5, 0.6) is 0 Å². The maximum atomic E-state index is 3.50. The van der Waals surface area contributed by atoms with Crippen LogP contribution in [-0.4, -0.2) is 0 Å².